The van der Waals surface area contributed by atoms with Crippen molar-refractivity contribution in [1.29, 1.82) is 0 Å². The Morgan fingerprint density at radius 1 is 1.86 bits per heavy atom. The highest BCUT2D eigenvalue weighted by molar-refractivity contribution is 7.61. The van der Waals surface area contributed by atoms with Crippen LogP contribution in [0.25, 0.3) is 4.25 Å². The molecule has 0 rings (SSSR count). The molecule has 0 aromatic rings. The van der Waals surface area contributed by atoms with E-state index in [1.807, 2.05) is 13.0 Å². The van der Waals surface area contributed by atoms with Gasteiger partial charge in [0.15, 0.2) is 0 Å². The molecule has 0 aliphatic carbocycles. The van der Waals surface area contributed by atoms with Gasteiger partial charge in [-0.1, -0.05) is 13.0 Å². The fourth-order valence-electron chi connectivity index (χ4n) is 0.201. The standard InChI is InChI=1S/C5H7NS/c1-2-3-4-5-6-7/h3-4H,2H2,1H3. The smallest absolute Gasteiger partial charge is 0.263 e. The molecule has 38 valence electrons. The van der Waals surface area contributed by atoms with Crippen LogP contribution in [0.15, 0.2) is 12.2 Å². The van der Waals surface area contributed by atoms with Crippen LogP contribution >= 0.6 is 0 Å². The van der Waals surface area contributed by atoms with Crippen molar-refractivity contribution in [3.05, 3.63) is 16.4 Å². The first-order valence-corrected chi connectivity index (χ1v) is 2.51. The van der Waals surface area contributed by atoms with Crippen LogP contribution in [0.3, 0.4) is 0 Å². The van der Waals surface area contributed by atoms with Gasteiger partial charge in [-0.25, -0.2) is 0 Å². The SMILES string of the molecule is CCC=CC#[N+][S-]. The average Bonchev–Trinajstić information content (AvgIpc) is 1.69. The minimum absolute atomic E-state index is 1.01. The summed E-state index contributed by atoms with van der Waals surface area (Å²) in [7, 11) is 0. The Bertz CT molecular complexity index is 107. The van der Waals surface area contributed by atoms with E-state index >= 15 is 0 Å². The summed E-state index contributed by atoms with van der Waals surface area (Å²) < 4.78 is 3.22. The summed E-state index contributed by atoms with van der Waals surface area (Å²) in [6.07, 6.45) is 4.67. The van der Waals surface area contributed by atoms with Crippen molar-refractivity contribution >= 4 is 12.8 Å². The van der Waals surface area contributed by atoms with E-state index in [1.165, 1.54) is 0 Å². The molecule has 0 unspecified atom stereocenters. The molecule has 0 saturated carbocycles. The van der Waals surface area contributed by atoms with Gasteiger partial charge in [0.05, 0.1) is 6.08 Å². The molecular formula is C5H7NS. The van der Waals surface area contributed by atoms with Crippen molar-refractivity contribution in [2.24, 2.45) is 0 Å². The van der Waals surface area contributed by atoms with E-state index in [0.29, 0.717) is 0 Å². The van der Waals surface area contributed by atoms with E-state index in [1.54, 1.807) is 6.08 Å². The lowest BCUT2D eigenvalue weighted by Crippen LogP contribution is -1.48. The predicted molar refractivity (Wildman–Crippen MR) is 34.0 cm³/mol. The number of rotatable bonds is 1. The molecule has 0 N–H and O–H groups in total. The summed E-state index contributed by atoms with van der Waals surface area (Å²) in [4.78, 5) is 0. The molecule has 0 bridgehead atoms. The fraction of sp³-hybridized carbons (Fsp3) is 0.400. The Hall–Kier alpha value is -0.550. The van der Waals surface area contributed by atoms with Gasteiger partial charge in [0.1, 0.15) is 0 Å². The summed E-state index contributed by atoms with van der Waals surface area (Å²) in [5.74, 6) is 0. The van der Waals surface area contributed by atoms with Gasteiger partial charge in [-0.05, 0) is 6.42 Å². The molecule has 0 atom stereocenters. The van der Waals surface area contributed by atoms with Gasteiger partial charge in [-0.15, -0.1) is 0 Å². The lowest BCUT2D eigenvalue weighted by Gasteiger charge is -1.63. The van der Waals surface area contributed by atoms with E-state index < -0.39 is 0 Å². The van der Waals surface area contributed by atoms with E-state index in [9.17, 15) is 0 Å². The molecule has 0 aromatic carbocycles. The van der Waals surface area contributed by atoms with Crippen LogP contribution < -0.4 is 0 Å². The summed E-state index contributed by atoms with van der Waals surface area (Å²) in [6, 6.07) is 2.51. The molecule has 0 aliphatic heterocycles. The number of allylic oxidation sites excluding steroid dienone is 2. The van der Waals surface area contributed by atoms with Crippen molar-refractivity contribution in [3.8, 4) is 6.07 Å². The average molecular weight is 113 g/mol. The van der Waals surface area contributed by atoms with E-state index in [2.05, 4.69) is 23.1 Å². The second-order valence-corrected chi connectivity index (χ2v) is 1.21. The summed E-state index contributed by atoms with van der Waals surface area (Å²) >= 11 is 4.23. The normalized spacial score (nSPS) is 8.14. The Morgan fingerprint density at radius 3 is 3.00 bits per heavy atom. The zero-order valence-corrected chi connectivity index (χ0v) is 5.03. The minimum atomic E-state index is 1.01. The van der Waals surface area contributed by atoms with Crippen LogP contribution in [0, 0.1) is 6.07 Å². The molecule has 0 saturated heterocycles. The molecule has 0 radical (unpaired) electrons. The number of nitrogens with zero attached hydrogens (tertiary/aromatic N) is 1. The Morgan fingerprint density at radius 2 is 2.57 bits per heavy atom. The molecule has 0 aliphatic rings. The first-order valence-electron chi connectivity index (χ1n) is 2.14. The van der Waals surface area contributed by atoms with Crippen molar-refractivity contribution in [1.82, 2.24) is 0 Å². The second-order valence-electron chi connectivity index (χ2n) is 1.03. The molecule has 1 nitrogen and oxygen atoms in total. The molecule has 7 heavy (non-hydrogen) atoms. The zero-order chi connectivity index (χ0) is 5.54. The lowest BCUT2D eigenvalue weighted by molar-refractivity contribution is 1.23. The summed E-state index contributed by atoms with van der Waals surface area (Å²) in [5, 5.41) is 0. The highest BCUT2D eigenvalue weighted by Gasteiger charge is 1.63. The first-order chi connectivity index (χ1) is 3.41. The maximum Gasteiger partial charge on any atom is 0.282 e. The van der Waals surface area contributed by atoms with Gasteiger partial charge in [-0.2, -0.15) is 4.25 Å². The third kappa shape index (κ3) is 5.45. The van der Waals surface area contributed by atoms with Crippen LogP contribution in [0.5, 0.6) is 0 Å². The molecule has 0 aromatic heterocycles. The number of hydrogen-bond acceptors (Lipinski definition) is 1. The van der Waals surface area contributed by atoms with Crippen molar-refractivity contribution < 1.29 is 0 Å². The second kappa shape index (κ2) is 5.45. The van der Waals surface area contributed by atoms with Crippen molar-refractivity contribution in [3.63, 3.8) is 0 Å². The van der Waals surface area contributed by atoms with Crippen molar-refractivity contribution in [2.45, 2.75) is 13.3 Å². The maximum absolute atomic E-state index is 4.23. The third-order valence-electron chi connectivity index (χ3n) is 0.481. The van der Waals surface area contributed by atoms with Gasteiger partial charge in [0.25, 0.3) is 6.07 Å². The van der Waals surface area contributed by atoms with Crippen LogP contribution in [-0.4, -0.2) is 0 Å². The quantitative estimate of drug-likeness (QED) is 0.370. The highest BCUT2D eigenvalue weighted by Crippen LogP contribution is 1.75. The van der Waals surface area contributed by atoms with Crippen LogP contribution in [0.1, 0.15) is 13.3 Å². The van der Waals surface area contributed by atoms with Crippen LogP contribution in [0.4, 0.5) is 0 Å². The Balaban J connectivity index is 3.21. The molecule has 2 heteroatoms. The van der Waals surface area contributed by atoms with Crippen molar-refractivity contribution in [2.75, 3.05) is 0 Å². The predicted octanol–water partition coefficient (Wildman–Crippen LogP) is 1.75. The van der Waals surface area contributed by atoms with E-state index in [0.717, 1.165) is 6.42 Å². The van der Waals surface area contributed by atoms with E-state index in [-0.39, 0.29) is 0 Å². The zero-order valence-electron chi connectivity index (χ0n) is 4.22. The molecular weight excluding hydrogens is 106 g/mol. The van der Waals surface area contributed by atoms with Crippen LogP contribution in [-0.2, 0) is 12.8 Å². The van der Waals surface area contributed by atoms with Gasteiger partial charge >= 0.3 is 0 Å². The molecule has 0 amide bonds. The van der Waals surface area contributed by atoms with Gasteiger partial charge in [0.2, 0.25) is 0 Å². The molecule has 0 fully saturated rings. The highest BCUT2D eigenvalue weighted by atomic mass is 32.1. The van der Waals surface area contributed by atoms with E-state index in [4.69, 9.17) is 0 Å². The molecule has 0 spiro atoms. The minimum Gasteiger partial charge on any atom is -0.263 e. The van der Waals surface area contributed by atoms with Crippen LogP contribution in [0.2, 0.25) is 0 Å². The summed E-state index contributed by atoms with van der Waals surface area (Å²) in [6.45, 7) is 2.04. The number of hydrogen-bond donors (Lipinski definition) is 0. The third-order valence-corrected chi connectivity index (χ3v) is 0.586. The maximum atomic E-state index is 4.23. The largest absolute Gasteiger partial charge is 0.282 e. The lowest BCUT2D eigenvalue weighted by atomic mass is 10.4. The van der Waals surface area contributed by atoms with Gasteiger partial charge < -0.3 is 0 Å². The monoisotopic (exact) mass is 113 g/mol. The Labute approximate surface area is 49.4 Å². The molecule has 0 heterocycles. The summed E-state index contributed by atoms with van der Waals surface area (Å²) in [5.41, 5.74) is 0. The Kier molecular flexibility index (Phi) is 5.02. The topological polar surface area (TPSA) is 4.36 Å². The first kappa shape index (κ1) is 6.45. The fourth-order valence-corrected chi connectivity index (χ4v) is 0.262. The van der Waals surface area contributed by atoms with Gasteiger partial charge in [-0.3, -0.25) is 12.8 Å². The van der Waals surface area contributed by atoms with Gasteiger partial charge in [0, 0.05) is 0 Å².